The molecule has 0 saturated carbocycles. The molecule has 1 N–H and O–H groups in total. The third-order valence-electron chi connectivity index (χ3n) is 4.97. The number of nitrogens with zero attached hydrogens (tertiary/aromatic N) is 3. The van der Waals surface area contributed by atoms with Crippen molar-refractivity contribution in [3.05, 3.63) is 71.9 Å². The largest absolute Gasteiger partial charge is 0.348 e. The van der Waals surface area contributed by atoms with Gasteiger partial charge in [0.05, 0.1) is 6.04 Å². The van der Waals surface area contributed by atoms with Crippen molar-refractivity contribution in [1.29, 1.82) is 0 Å². The van der Waals surface area contributed by atoms with Gasteiger partial charge >= 0.3 is 0 Å². The summed E-state index contributed by atoms with van der Waals surface area (Å²) in [5.74, 6) is 1.18. The highest BCUT2D eigenvalue weighted by Gasteiger charge is 2.35. The van der Waals surface area contributed by atoms with Crippen LogP contribution in [-0.2, 0) is 0 Å². The standard InChI is InChI=1S/C21H22N4O2/c1-14-22-21(27-24-14)19-12-18(13-25(19)2)23-20(26)17-10-8-16(9-11-17)15-6-4-3-5-7-15/h3-11,18-19H,12-13H2,1-2H3,(H,23,26). The first kappa shape index (κ1) is 17.4. The van der Waals surface area contributed by atoms with E-state index in [0.717, 1.165) is 24.1 Å². The van der Waals surface area contributed by atoms with Crippen molar-refractivity contribution in [2.75, 3.05) is 13.6 Å². The van der Waals surface area contributed by atoms with Crippen molar-refractivity contribution in [3.8, 4) is 11.1 Å². The molecule has 6 nitrogen and oxygen atoms in total. The fourth-order valence-electron chi connectivity index (χ4n) is 3.55. The topological polar surface area (TPSA) is 71.3 Å². The number of hydrogen-bond donors (Lipinski definition) is 1. The van der Waals surface area contributed by atoms with Gasteiger partial charge in [0.25, 0.3) is 5.91 Å². The van der Waals surface area contributed by atoms with E-state index in [0.29, 0.717) is 17.3 Å². The maximum absolute atomic E-state index is 12.6. The number of likely N-dealkylation sites (tertiary alicyclic amines) is 1. The van der Waals surface area contributed by atoms with Gasteiger partial charge in [-0.15, -0.1) is 0 Å². The minimum absolute atomic E-state index is 0.0388. The fourth-order valence-corrected chi connectivity index (χ4v) is 3.55. The van der Waals surface area contributed by atoms with Crippen LogP contribution in [0.25, 0.3) is 11.1 Å². The highest BCUT2D eigenvalue weighted by atomic mass is 16.5. The predicted octanol–water partition coefficient (Wildman–Crippen LogP) is 3.22. The van der Waals surface area contributed by atoms with Gasteiger partial charge in [-0.2, -0.15) is 4.98 Å². The van der Waals surface area contributed by atoms with E-state index in [1.54, 1.807) is 6.92 Å². The van der Waals surface area contributed by atoms with Crippen molar-refractivity contribution < 1.29 is 9.32 Å². The first-order chi connectivity index (χ1) is 13.1. The van der Waals surface area contributed by atoms with Crippen LogP contribution in [0.2, 0.25) is 0 Å². The van der Waals surface area contributed by atoms with E-state index < -0.39 is 0 Å². The third kappa shape index (κ3) is 3.75. The molecule has 27 heavy (non-hydrogen) atoms. The van der Waals surface area contributed by atoms with Crippen LogP contribution < -0.4 is 5.32 Å². The van der Waals surface area contributed by atoms with Gasteiger partial charge in [-0.05, 0) is 43.7 Å². The van der Waals surface area contributed by atoms with Crippen molar-refractivity contribution in [2.24, 2.45) is 0 Å². The van der Waals surface area contributed by atoms with Crippen molar-refractivity contribution in [2.45, 2.75) is 25.4 Å². The Morgan fingerprint density at radius 1 is 1.11 bits per heavy atom. The van der Waals surface area contributed by atoms with Crippen LogP contribution in [-0.4, -0.2) is 40.6 Å². The number of carbonyl (C=O) groups excluding carboxylic acids is 1. The van der Waals surface area contributed by atoms with Crippen LogP contribution in [0.4, 0.5) is 0 Å². The number of likely N-dealkylation sites (N-methyl/N-ethyl adjacent to an activating group) is 1. The zero-order chi connectivity index (χ0) is 18.8. The Morgan fingerprint density at radius 3 is 2.48 bits per heavy atom. The molecule has 1 aromatic heterocycles. The molecule has 1 aliphatic rings. The number of carbonyl (C=O) groups is 1. The van der Waals surface area contributed by atoms with E-state index in [9.17, 15) is 4.79 Å². The first-order valence-electron chi connectivity index (χ1n) is 9.07. The van der Waals surface area contributed by atoms with Crippen LogP contribution in [0.15, 0.2) is 59.1 Å². The molecule has 0 aliphatic carbocycles. The number of amides is 1. The summed E-state index contributed by atoms with van der Waals surface area (Å²) in [6.07, 6.45) is 0.756. The molecule has 2 aromatic carbocycles. The number of benzene rings is 2. The average molecular weight is 362 g/mol. The summed E-state index contributed by atoms with van der Waals surface area (Å²) in [5.41, 5.74) is 2.90. The normalized spacial score (nSPS) is 19.9. The van der Waals surface area contributed by atoms with Crippen LogP contribution in [0, 0.1) is 6.92 Å². The highest BCUT2D eigenvalue weighted by Crippen LogP contribution is 2.29. The Morgan fingerprint density at radius 2 is 1.81 bits per heavy atom. The molecule has 0 radical (unpaired) electrons. The van der Waals surface area contributed by atoms with Gasteiger partial charge in [-0.25, -0.2) is 0 Å². The fraction of sp³-hybridized carbons (Fsp3) is 0.286. The highest BCUT2D eigenvalue weighted by molar-refractivity contribution is 5.94. The SMILES string of the molecule is Cc1noc(C2CC(NC(=O)c3ccc(-c4ccccc4)cc3)CN2C)n1. The summed E-state index contributed by atoms with van der Waals surface area (Å²) < 4.78 is 5.30. The van der Waals surface area contributed by atoms with E-state index in [-0.39, 0.29) is 18.0 Å². The second-order valence-corrected chi connectivity index (χ2v) is 6.98. The van der Waals surface area contributed by atoms with Crippen LogP contribution in [0.3, 0.4) is 0 Å². The molecule has 138 valence electrons. The number of rotatable bonds is 4. The van der Waals surface area contributed by atoms with E-state index in [4.69, 9.17) is 4.52 Å². The average Bonchev–Trinajstić information content (AvgIpc) is 3.27. The van der Waals surface area contributed by atoms with Gasteiger partial charge in [-0.3, -0.25) is 9.69 Å². The monoisotopic (exact) mass is 362 g/mol. The van der Waals surface area contributed by atoms with E-state index in [2.05, 4.69) is 32.5 Å². The second-order valence-electron chi connectivity index (χ2n) is 6.98. The Balaban J connectivity index is 1.41. The van der Waals surface area contributed by atoms with Crippen LogP contribution in [0.5, 0.6) is 0 Å². The summed E-state index contributed by atoms with van der Waals surface area (Å²) in [4.78, 5) is 19.1. The Kier molecular flexibility index (Phi) is 4.73. The Bertz CT molecular complexity index is 921. The van der Waals surface area contributed by atoms with Crippen molar-refractivity contribution in [1.82, 2.24) is 20.4 Å². The second kappa shape index (κ2) is 7.32. The van der Waals surface area contributed by atoms with Gasteiger partial charge in [0, 0.05) is 18.2 Å². The molecule has 2 atom stereocenters. The molecule has 1 fully saturated rings. The maximum Gasteiger partial charge on any atom is 0.251 e. The Hall–Kier alpha value is -2.99. The molecule has 2 unspecified atom stereocenters. The number of hydrogen-bond acceptors (Lipinski definition) is 5. The molecular weight excluding hydrogens is 340 g/mol. The summed E-state index contributed by atoms with van der Waals surface area (Å²) >= 11 is 0. The zero-order valence-electron chi connectivity index (χ0n) is 15.4. The number of aromatic nitrogens is 2. The molecule has 4 rings (SSSR count). The molecule has 1 aliphatic heterocycles. The molecular formula is C21H22N4O2. The quantitative estimate of drug-likeness (QED) is 0.772. The maximum atomic E-state index is 12.6. The van der Waals surface area contributed by atoms with Crippen molar-refractivity contribution >= 4 is 5.91 Å². The third-order valence-corrected chi connectivity index (χ3v) is 4.97. The molecule has 1 amide bonds. The van der Waals surface area contributed by atoms with Crippen molar-refractivity contribution in [3.63, 3.8) is 0 Å². The van der Waals surface area contributed by atoms with E-state index >= 15 is 0 Å². The van der Waals surface area contributed by atoms with Gasteiger partial charge in [0.15, 0.2) is 5.82 Å². The van der Waals surface area contributed by atoms with E-state index in [1.807, 2.05) is 49.5 Å². The van der Waals surface area contributed by atoms with Crippen LogP contribution in [0.1, 0.15) is 34.5 Å². The summed E-state index contributed by atoms with van der Waals surface area (Å²) in [6.45, 7) is 2.56. The Labute approximate surface area is 158 Å². The summed E-state index contributed by atoms with van der Waals surface area (Å²) in [6, 6.07) is 17.9. The summed E-state index contributed by atoms with van der Waals surface area (Å²) in [7, 11) is 2.00. The lowest BCUT2D eigenvalue weighted by atomic mass is 10.0. The molecule has 0 bridgehead atoms. The molecule has 0 spiro atoms. The molecule has 6 heteroatoms. The van der Waals surface area contributed by atoms with Gasteiger partial charge in [-0.1, -0.05) is 47.6 Å². The van der Waals surface area contributed by atoms with Gasteiger partial charge in [0.2, 0.25) is 5.89 Å². The van der Waals surface area contributed by atoms with E-state index in [1.165, 1.54) is 0 Å². The van der Waals surface area contributed by atoms with Gasteiger partial charge in [0.1, 0.15) is 0 Å². The smallest absolute Gasteiger partial charge is 0.251 e. The van der Waals surface area contributed by atoms with Gasteiger partial charge < -0.3 is 9.84 Å². The summed E-state index contributed by atoms with van der Waals surface area (Å²) in [5, 5.41) is 6.98. The number of nitrogens with one attached hydrogen (secondary N) is 1. The minimum atomic E-state index is -0.0598. The minimum Gasteiger partial charge on any atom is -0.348 e. The number of aryl methyl sites for hydroxylation is 1. The zero-order valence-corrected chi connectivity index (χ0v) is 15.4. The molecule has 3 aromatic rings. The first-order valence-corrected chi connectivity index (χ1v) is 9.07. The lowest BCUT2D eigenvalue weighted by Gasteiger charge is -2.14. The molecule has 2 heterocycles. The lowest BCUT2D eigenvalue weighted by molar-refractivity contribution is 0.0938. The van der Waals surface area contributed by atoms with Crippen LogP contribution >= 0.6 is 0 Å². The lowest BCUT2D eigenvalue weighted by Crippen LogP contribution is -2.36. The molecule has 1 saturated heterocycles. The predicted molar refractivity (Wildman–Crippen MR) is 102 cm³/mol.